The van der Waals surface area contributed by atoms with Crippen LogP contribution >= 0.6 is 11.3 Å². The number of hydrogen-bond donors (Lipinski definition) is 1. The fourth-order valence-corrected chi connectivity index (χ4v) is 4.06. The van der Waals surface area contributed by atoms with Crippen LogP contribution in [0.15, 0.2) is 23.7 Å². The first-order chi connectivity index (χ1) is 10.3. The summed E-state index contributed by atoms with van der Waals surface area (Å²) >= 11 is 1.71. The van der Waals surface area contributed by atoms with Crippen molar-refractivity contribution in [2.75, 3.05) is 25.0 Å². The lowest BCUT2D eigenvalue weighted by molar-refractivity contribution is 0.165. The lowest BCUT2D eigenvalue weighted by Crippen LogP contribution is -2.42. The quantitative estimate of drug-likeness (QED) is 0.896. The van der Waals surface area contributed by atoms with Gasteiger partial charge in [0.05, 0.1) is 15.7 Å². The van der Waals surface area contributed by atoms with E-state index in [1.165, 1.54) is 49.3 Å². The molecule has 1 aromatic carbocycles. The molecule has 1 aliphatic rings. The van der Waals surface area contributed by atoms with Gasteiger partial charge in [0.25, 0.3) is 0 Å². The van der Waals surface area contributed by atoms with Gasteiger partial charge in [0.15, 0.2) is 0 Å². The van der Waals surface area contributed by atoms with Gasteiger partial charge in [-0.3, -0.25) is 0 Å². The number of hydrogen-bond acceptors (Lipinski definition) is 4. The van der Waals surface area contributed by atoms with Crippen molar-refractivity contribution in [1.29, 1.82) is 0 Å². The van der Waals surface area contributed by atoms with Crippen molar-refractivity contribution in [3.8, 4) is 0 Å². The maximum Gasteiger partial charge on any atom is 0.0813 e. The van der Waals surface area contributed by atoms with Crippen molar-refractivity contribution in [3.63, 3.8) is 0 Å². The Bertz CT molecular complexity index is 578. The standard InChI is InChI=1S/C17H25N3S/c1-3-8-20-9-4-5-14(11-20)13(2)19-15-6-7-16-17(10-15)21-12-18-16/h6-7,10,12-14,19H,3-5,8-9,11H2,1-2H3. The third kappa shape index (κ3) is 3.55. The number of likely N-dealkylation sites (tertiary alicyclic amines) is 1. The Balaban J connectivity index is 1.63. The molecule has 0 radical (unpaired) electrons. The lowest BCUT2D eigenvalue weighted by atomic mass is 9.91. The molecule has 4 heteroatoms. The zero-order valence-corrected chi connectivity index (χ0v) is 13.8. The van der Waals surface area contributed by atoms with Crippen LogP contribution in [0.4, 0.5) is 5.69 Å². The lowest BCUT2D eigenvalue weighted by Gasteiger charge is -2.36. The minimum absolute atomic E-state index is 0.523. The molecule has 2 atom stereocenters. The van der Waals surface area contributed by atoms with Gasteiger partial charge >= 0.3 is 0 Å². The van der Waals surface area contributed by atoms with Crippen molar-refractivity contribution in [2.45, 2.75) is 39.2 Å². The highest BCUT2D eigenvalue weighted by Gasteiger charge is 2.24. The highest BCUT2D eigenvalue weighted by Crippen LogP contribution is 2.25. The Morgan fingerprint density at radius 1 is 1.48 bits per heavy atom. The second-order valence-corrected chi connectivity index (χ2v) is 7.06. The molecule has 0 spiro atoms. The number of nitrogens with one attached hydrogen (secondary N) is 1. The van der Waals surface area contributed by atoms with Gasteiger partial charge in [0, 0.05) is 18.3 Å². The molecule has 1 aromatic heterocycles. The Morgan fingerprint density at radius 3 is 3.24 bits per heavy atom. The number of aromatic nitrogens is 1. The van der Waals surface area contributed by atoms with Crippen LogP contribution in [0, 0.1) is 5.92 Å². The van der Waals surface area contributed by atoms with Crippen molar-refractivity contribution >= 4 is 27.2 Å². The fourth-order valence-electron chi connectivity index (χ4n) is 3.34. The molecule has 3 nitrogen and oxygen atoms in total. The van der Waals surface area contributed by atoms with Gasteiger partial charge < -0.3 is 10.2 Å². The molecule has 0 bridgehead atoms. The van der Waals surface area contributed by atoms with E-state index in [2.05, 4.69) is 47.2 Å². The molecule has 0 amide bonds. The summed E-state index contributed by atoms with van der Waals surface area (Å²) in [5, 5.41) is 3.71. The van der Waals surface area contributed by atoms with Crippen LogP contribution < -0.4 is 5.32 Å². The topological polar surface area (TPSA) is 28.2 Å². The second-order valence-electron chi connectivity index (χ2n) is 6.17. The van der Waals surface area contributed by atoms with E-state index in [9.17, 15) is 0 Å². The fraction of sp³-hybridized carbons (Fsp3) is 0.588. The molecule has 0 aliphatic carbocycles. The summed E-state index contributed by atoms with van der Waals surface area (Å²) in [6.45, 7) is 8.37. The third-order valence-electron chi connectivity index (χ3n) is 4.51. The van der Waals surface area contributed by atoms with Crippen molar-refractivity contribution < 1.29 is 0 Å². The van der Waals surface area contributed by atoms with E-state index in [1.807, 2.05) is 5.51 Å². The SMILES string of the molecule is CCCN1CCCC(C(C)Nc2ccc3ncsc3c2)C1. The molecule has 2 unspecified atom stereocenters. The van der Waals surface area contributed by atoms with Gasteiger partial charge in [-0.1, -0.05) is 6.92 Å². The number of anilines is 1. The average molecular weight is 303 g/mol. The van der Waals surface area contributed by atoms with Gasteiger partial charge in [-0.25, -0.2) is 4.98 Å². The van der Waals surface area contributed by atoms with Gasteiger partial charge in [-0.15, -0.1) is 11.3 Å². The highest BCUT2D eigenvalue weighted by molar-refractivity contribution is 7.16. The molecule has 1 aliphatic heterocycles. The number of thiazole rings is 1. The molecule has 2 aromatic rings. The van der Waals surface area contributed by atoms with Crippen LogP contribution in [-0.4, -0.2) is 35.6 Å². The monoisotopic (exact) mass is 303 g/mol. The highest BCUT2D eigenvalue weighted by atomic mass is 32.1. The molecule has 1 saturated heterocycles. The predicted octanol–water partition coefficient (Wildman–Crippen LogP) is 4.22. The zero-order chi connectivity index (χ0) is 14.7. The number of rotatable bonds is 5. The first-order valence-electron chi connectivity index (χ1n) is 8.08. The van der Waals surface area contributed by atoms with E-state index in [1.54, 1.807) is 11.3 Å². The summed E-state index contributed by atoms with van der Waals surface area (Å²) < 4.78 is 1.27. The maximum absolute atomic E-state index is 4.34. The molecule has 0 saturated carbocycles. The van der Waals surface area contributed by atoms with Crippen molar-refractivity contribution in [2.24, 2.45) is 5.92 Å². The summed E-state index contributed by atoms with van der Waals surface area (Å²) in [7, 11) is 0. The normalized spacial score (nSPS) is 21.5. The molecule has 1 N–H and O–H groups in total. The maximum atomic E-state index is 4.34. The van der Waals surface area contributed by atoms with E-state index in [4.69, 9.17) is 0 Å². The molecular weight excluding hydrogens is 278 g/mol. The van der Waals surface area contributed by atoms with E-state index in [0.29, 0.717) is 6.04 Å². The van der Waals surface area contributed by atoms with Crippen LogP contribution in [0.25, 0.3) is 10.2 Å². The molecule has 114 valence electrons. The van der Waals surface area contributed by atoms with Crippen molar-refractivity contribution in [1.82, 2.24) is 9.88 Å². The van der Waals surface area contributed by atoms with Crippen LogP contribution in [0.2, 0.25) is 0 Å². The Kier molecular flexibility index (Phi) is 4.76. The summed E-state index contributed by atoms with van der Waals surface area (Å²) in [5.74, 6) is 0.752. The largest absolute Gasteiger partial charge is 0.382 e. The van der Waals surface area contributed by atoms with Crippen LogP contribution in [0.5, 0.6) is 0 Å². The van der Waals surface area contributed by atoms with Gasteiger partial charge in [-0.05, 0) is 63.4 Å². The number of benzene rings is 1. The third-order valence-corrected chi connectivity index (χ3v) is 5.31. The summed E-state index contributed by atoms with van der Waals surface area (Å²) in [6, 6.07) is 7.03. The molecule has 3 rings (SSSR count). The first kappa shape index (κ1) is 14.8. The first-order valence-corrected chi connectivity index (χ1v) is 8.96. The minimum Gasteiger partial charge on any atom is -0.382 e. The Hall–Kier alpha value is -1.13. The second kappa shape index (κ2) is 6.75. The van der Waals surface area contributed by atoms with E-state index in [-0.39, 0.29) is 0 Å². The van der Waals surface area contributed by atoms with Crippen LogP contribution in [0.1, 0.15) is 33.1 Å². The van der Waals surface area contributed by atoms with Crippen LogP contribution in [-0.2, 0) is 0 Å². The van der Waals surface area contributed by atoms with Crippen molar-refractivity contribution in [3.05, 3.63) is 23.7 Å². The van der Waals surface area contributed by atoms with E-state index < -0.39 is 0 Å². The predicted molar refractivity (Wildman–Crippen MR) is 92.2 cm³/mol. The molecule has 1 fully saturated rings. The Labute approximate surface area is 131 Å². The Morgan fingerprint density at radius 2 is 2.38 bits per heavy atom. The number of piperidine rings is 1. The summed E-state index contributed by atoms with van der Waals surface area (Å²) in [6.07, 6.45) is 3.94. The summed E-state index contributed by atoms with van der Waals surface area (Å²) in [5.41, 5.74) is 4.25. The molecule has 2 heterocycles. The van der Waals surface area contributed by atoms with Gasteiger partial charge in [0.2, 0.25) is 0 Å². The van der Waals surface area contributed by atoms with Crippen LogP contribution in [0.3, 0.4) is 0 Å². The van der Waals surface area contributed by atoms with Gasteiger partial charge in [-0.2, -0.15) is 0 Å². The molecule has 21 heavy (non-hydrogen) atoms. The zero-order valence-electron chi connectivity index (χ0n) is 13.0. The smallest absolute Gasteiger partial charge is 0.0813 e. The van der Waals surface area contributed by atoms with E-state index in [0.717, 1.165) is 11.4 Å². The average Bonchev–Trinajstić information content (AvgIpc) is 2.95. The molecular formula is C17H25N3S. The van der Waals surface area contributed by atoms with Gasteiger partial charge in [0.1, 0.15) is 0 Å². The number of nitrogens with zero attached hydrogens (tertiary/aromatic N) is 2. The number of fused-ring (bicyclic) bond motifs is 1. The van der Waals surface area contributed by atoms with E-state index >= 15 is 0 Å². The minimum atomic E-state index is 0.523. The summed E-state index contributed by atoms with van der Waals surface area (Å²) in [4.78, 5) is 6.97.